The number of nitrogens with zero attached hydrogens (tertiary/aromatic N) is 3. The lowest BCUT2D eigenvalue weighted by atomic mass is 10.0. The minimum Gasteiger partial charge on any atom is -0.331 e. The second kappa shape index (κ2) is 4.77. The lowest BCUT2D eigenvalue weighted by molar-refractivity contribution is 0.0682. The van der Waals surface area contributed by atoms with Gasteiger partial charge in [-0.2, -0.15) is 0 Å². The van der Waals surface area contributed by atoms with Gasteiger partial charge in [-0.05, 0) is 37.5 Å². The quantitative estimate of drug-likeness (QED) is 0.860. The van der Waals surface area contributed by atoms with Crippen LogP contribution in [0.15, 0.2) is 30.6 Å². The van der Waals surface area contributed by atoms with Crippen LogP contribution in [0.3, 0.4) is 0 Å². The third-order valence-electron chi connectivity index (χ3n) is 4.73. The Bertz CT molecular complexity index is 701. The molecular weight excluding hydrogens is 264 g/mol. The van der Waals surface area contributed by atoms with Gasteiger partial charge in [-0.15, -0.1) is 0 Å². The van der Waals surface area contributed by atoms with Gasteiger partial charge in [0, 0.05) is 43.1 Å². The van der Waals surface area contributed by atoms with Crippen molar-refractivity contribution in [2.45, 2.75) is 25.4 Å². The van der Waals surface area contributed by atoms with Crippen LogP contribution in [0.2, 0.25) is 0 Å². The average Bonchev–Trinajstić information content (AvgIpc) is 3.06. The molecule has 5 nitrogen and oxygen atoms in total. The maximum Gasteiger partial charge on any atom is 0.254 e. The van der Waals surface area contributed by atoms with E-state index in [-0.39, 0.29) is 5.91 Å². The summed E-state index contributed by atoms with van der Waals surface area (Å²) in [4.78, 5) is 23.5. The molecule has 1 amide bonds. The van der Waals surface area contributed by atoms with Crippen molar-refractivity contribution >= 4 is 16.9 Å². The average molecular weight is 282 g/mol. The Morgan fingerprint density at radius 3 is 2.90 bits per heavy atom. The van der Waals surface area contributed by atoms with Crippen LogP contribution in [-0.2, 0) is 0 Å². The van der Waals surface area contributed by atoms with Gasteiger partial charge in [0.2, 0.25) is 0 Å². The van der Waals surface area contributed by atoms with Crippen LogP contribution in [0.1, 0.15) is 23.7 Å². The number of likely N-dealkylation sites (tertiary alicyclic amines) is 1. The molecule has 0 bridgehead atoms. The highest BCUT2D eigenvalue weighted by molar-refractivity contribution is 5.97. The Hall–Kier alpha value is -2.01. The number of amides is 1. The van der Waals surface area contributed by atoms with Crippen molar-refractivity contribution in [3.63, 3.8) is 0 Å². The van der Waals surface area contributed by atoms with E-state index < -0.39 is 0 Å². The van der Waals surface area contributed by atoms with Crippen molar-refractivity contribution in [1.82, 2.24) is 20.2 Å². The molecule has 3 heterocycles. The van der Waals surface area contributed by atoms with Crippen molar-refractivity contribution in [3.8, 4) is 0 Å². The number of rotatable bonds is 1. The van der Waals surface area contributed by atoms with Crippen molar-refractivity contribution < 1.29 is 4.79 Å². The summed E-state index contributed by atoms with van der Waals surface area (Å²) in [6.07, 6.45) is 4.42. The highest BCUT2D eigenvalue weighted by atomic mass is 16.2. The molecule has 1 aromatic heterocycles. The number of nitrogens with one attached hydrogen (secondary N) is 1. The summed E-state index contributed by atoms with van der Waals surface area (Å²) in [6.45, 7) is 4.09. The maximum absolute atomic E-state index is 12.9. The zero-order valence-corrected chi connectivity index (χ0v) is 12.0. The molecule has 0 aliphatic carbocycles. The molecule has 0 saturated carbocycles. The second-order valence-electron chi connectivity index (χ2n) is 6.04. The first-order valence-electron chi connectivity index (χ1n) is 7.48. The van der Waals surface area contributed by atoms with E-state index in [1.54, 1.807) is 12.4 Å². The minimum atomic E-state index is 0.117. The molecule has 2 aliphatic rings. The first kappa shape index (κ1) is 12.7. The Morgan fingerprint density at radius 1 is 1.24 bits per heavy atom. The summed E-state index contributed by atoms with van der Waals surface area (Å²) in [5.74, 6) is 0.718. The zero-order valence-electron chi connectivity index (χ0n) is 12.0. The van der Waals surface area contributed by atoms with Crippen LogP contribution in [-0.4, -0.2) is 45.9 Å². The summed E-state index contributed by atoms with van der Waals surface area (Å²) in [7, 11) is 0. The highest BCUT2D eigenvalue weighted by Crippen LogP contribution is 2.33. The molecule has 3 unspecified atom stereocenters. The third-order valence-corrected chi connectivity index (χ3v) is 4.73. The van der Waals surface area contributed by atoms with E-state index in [0.29, 0.717) is 23.6 Å². The van der Waals surface area contributed by atoms with E-state index in [9.17, 15) is 4.79 Å². The monoisotopic (exact) mass is 282 g/mol. The number of aromatic nitrogens is 2. The Kier molecular flexibility index (Phi) is 2.89. The van der Waals surface area contributed by atoms with Crippen molar-refractivity contribution in [1.29, 1.82) is 0 Å². The highest BCUT2D eigenvalue weighted by Gasteiger charge is 2.44. The van der Waals surface area contributed by atoms with E-state index in [4.69, 9.17) is 0 Å². The molecule has 21 heavy (non-hydrogen) atoms. The van der Waals surface area contributed by atoms with Crippen LogP contribution in [0, 0.1) is 5.92 Å². The topological polar surface area (TPSA) is 58.1 Å². The molecule has 2 aromatic rings. The predicted molar refractivity (Wildman–Crippen MR) is 79.9 cm³/mol. The van der Waals surface area contributed by atoms with Gasteiger partial charge in [0.25, 0.3) is 5.91 Å². The number of carbonyl (C=O) groups excluding carboxylic acids is 1. The molecular formula is C16H18N4O. The summed E-state index contributed by atoms with van der Waals surface area (Å²) >= 11 is 0. The van der Waals surface area contributed by atoms with Crippen LogP contribution in [0.4, 0.5) is 0 Å². The molecule has 2 aliphatic heterocycles. The first-order chi connectivity index (χ1) is 10.2. The van der Waals surface area contributed by atoms with Gasteiger partial charge < -0.3 is 10.2 Å². The molecule has 0 radical (unpaired) electrons. The minimum absolute atomic E-state index is 0.117. The number of benzene rings is 1. The predicted octanol–water partition coefficient (Wildman–Crippen LogP) is 1.45. The van der Waals surface area contributed by atoms with Gasteiger partial charge in [-0.3, -0.25) is 14.8 Å². The molecule has 3 atom stereocenters. The van der Waals surface area contributed by atoms with Gasteiger partial charge in [-0.25, -0.2) is 0 Å². The molecule has 108 valence electrons. The molecule has 4 rings (SSSR count). The van der Waals surface area contributed by atoms with Gasteiger partial charge in [0.05, 0.1) is 11.0 Å². The van der Waals surface area contributed by atoms with Crippen LogP contribution >= 0.6 is 0 Å². The summed E-state index contributed by atoms with van der Waals surface area (Å²) in [6, 6.07) is 6.24. The summed E-state index contributed by atoms with van der Waals surface area (Å²) in [5.41, 5.74) is 2.31. The Labute approximate surface area is 123 Å². The fraction of sp³-hybridized carbons (Fsp3) is 0.438. The van der Waals surface area contributed by atoms with E-state index >= 15 is 0 Å². The molecule has 1 aromatic carbocycles. The summed E-state index contributed by atoms with van der Waals surface area (Å²) in [5, 5.41) is 3.39. The fourth-order valence-electron chi connectivity index (χ4n) is 3.76. The van der Waals surface area contributed by atoms with E-state index in [2.05, 4.69) is 27.1 Å². The van der Waals surface area contributed by atoms with Gasteiger partial charge >= 0.3 is 0 Å². The first-order valence-corrected chi connectivity index (χ1v) is 7.48. The number of carbonyl (C=O) groups is 1. The Balaban J connectivity index is 1.69. The fourth-order valence-corrected chi connectivity index (χ4v) is 3.76. The van der Waals surface area contributed by atoms with Gasteiger partial charge in [-0.1, -0.05) is 0 Å². The van der Waals surface area contributed by atoms with E-state index in [1.165, 1.54) is 0 Å². The second-order valence-corrected chi connectivity index (χ2v) is 6.04. The van der Waals surface area contributed by atoms with Crippen LogP contribution in [0.5, 0.6) is 0 Å². The lowest BCUT2D eigenvalue weighted by Crippen LogP contribution is -2.42. The standard InChI is InChI=1S/C16H18N4O/c1-10-6-12-8-17-9-15(12)20(10)16(21)11-2-3-13-14(7-11)19-5-4-18-13/h2-5,7,10,12,15,17H,6,8-9H2,1H3. The zero-order chi connectivity index (χ0) is 14.4. The van der Waals surface area contributed by atoms with Gasteiger partial charge in [0.1, 0.15) is 0 Å². The smallest absolute Gasteiger partial charge is 0.254 e. The van der Waals surface area contributed by atoms with E-state index in [0.717, 1.165) is 30.5 Å². The van der Waals surface area contributed by atoms with E-state index in [1.807, 2.05) is 18.2 Å². The number of hydrogen-bond donors (Lipinski definition) is 1. The SMILES string of the molecule is CC1CC2CNCC2N1C(=O)c1ccc2nccnc2c1. The number of hydrogen-bond acceptors (Lipinski definition) is 4. The van der Waals surface area contributed by atoms with Crippen molar-refractivity contribution in [2.75, 3.05) is 13.1 Å². The third kappa shape index (κ3) is 2.00. The molecule has 1 N–H and O–H groups in total. The largest absolute Gasteiger partial charge is 0.331 e. The maximum atomic E-state index is 12.9. The van der Waals surface area contributed by atoms with Crippen LogP contribution < -0.4 is 5.32 Å². The van der Waals surface area contributed by atoms with Crippen molar-refractivity contribution in [2.24, 2.45) is 5.92 Å². The normalized spacial score (nSPS) is 28.0. The molecule has 5 heteroatoms. The van der Waals surface area contributed by atoms with Crippen molar-refractivity contribution in [3.05, 3.63) is 36.2 Å². The molecule has 2 saturated heterocycles. The lowest BCUT2D eigenvalue weighted by Gasteiger charge is -2.27. The van der Waals surface area contributed by atoms with Gasteiger partial charge in [0.15, 0.2) is 0 Å². The van der Waals surface area contributed by atoms with Crippen LogP contribution in [0.25, 0.3) is 11.0 Å². The summed E-state index contributed by atoms with van der Waals surface area (Å²) < 4.78 is 0. The Morgan fingerprint density at radius 2 is 2.05 bits per heavy atom. The molecule has 0 spiro atoms. The number of fused-ring (bicyclic) bond motifs is 2. The molecule has 2 fully saturated rings.